The van der Waals surface area contributed by atoms with Crippen LogP contribution in [0.2, 0.25) is 0 Å². The summed E-state index contributed by atoms with van der Waals surface area (Å²) in [5.74, 6) is 1.42. The van der Waals surface area contributed by atoms with E-state index in [0.717, 1.165) is 48.8 Å². The second-order valence-corrected chi connectivity index (χ2v) is 7.76. The number of carboxylic acid groups (broad SMARTS) is 1. The first kappa shape index (κ1) is 21.8. The molecular formula is C22H29N7O3. The lowest BCUT2D eigenvalue weighted by Crippen LogP contribution is -2.36. The van der Waals surface area contributed by atoms with E-state index >= 15 is 0 Å². The first-order chi connectivity index (χ1) is 15.7. The number of rotatable bonds is 7. The summed E-state index contributed by atoms with van der Waals surface area (Å²) in [6.45, 7) is 4.20. The average molecular weight is 440 g/mol. The van der Waals surface area contributed by atoms with Crippen molar-refractivity contribution in [3.8, 4) is 0 Å². The van der Waals surface area contributed by atoms with E-state index in [1.807, 2.05) is 29.0 Å². The second-order valence-electron chi connectivity index (χ2n) is 7.76. The van der Waals surface area contributed by atoms with Gasteiger partial charge in [0.1, 0.15) is 11.5 Å². The maximum Gasteiger partial charge on any atom is 0.404 e. The molecule has 170 valence electrons. The van der Waals surface area contributed by atoms with Crippen molar-refractivity contribution in [2.45, 2.75) is 32.2 Å². The van der Waals surface area contributed by atoms with Crippen molar-refractivity contribution in [2.24, 2.45) is 0 Å². The second kappa shape index (κ2) is 10.8. The molecule has 1 saturated carbocycles. The third-order valence-electron chi connectivity index (χ3n) is 5.05. The predicted octanol–water partition coefficient (Wildman–Crippen LogP) is 3.23. The fraction of sp³-hybridized carbons (Fsp3) is 0.455. The molecule has 1 aliphatic heterocycles. The molecule has 10 nitrogen and oxygen atoms in total. The van der Waals surface area contributed by atoms with E-state index in [2.05, 4.69) is 30.5 Å². The number of hydrogen-bond acceptors (Lipinski definition) is 7. The molecular weight excluding hydrogens is 410 g/mol. The Hall–Kier alpha value is -3.40. The number of pyridine rings is 1. The highest BCUT2D eigenvalue weighted by Crippen LogP contribution is 2.20. The van der Waals surface area contributed by atoms with Crippen molar-refractivity contribution < 1.29 is 14.6 Å². The highest BCUT2D eigenvalue weighted by molar-refractivity contribution is 5.76. The van der Waals surface area contributed by atoms with Crippen LogP contribution in [0.4, 0.5) is 22.2 Å². The largest absolute Gasteiger partial charge is 0.465 e. The summed E-state index contributed by atoms with van der Waals surface area (Å²) in [6, 6.07) is 5.88. The lowest BCUT2D eigenvalue weighted by molar-refractivity contribution is 0.122. The molecule has 3 aromatic heterocycles. The summed E-state index contributed by atoms with van der Waals surface area (Å²) >= 11 is 0. The lowest BCUT2D eigenvalue weighted by atomic mass is 10.3. The van der Waals surface area contributed by atoms with Gasteiger partial charge in [0, 0.05) is 44.0 Å². The van der Waals surface area contributed by atoms with E-state index < -0.39 is 6.09 Å². The molecule has 2 aliphatic rings. The Morgan fingerprint density at radius 2 is 1.91 bits per heavy atom. The zero-order chi connectivity index (χ0) is 22.2. The Balaban J connectivity index is 0.000000754. The Labute approximate surface area is 186 Å². The number of aryl methyl sites for hydroxylation is 1. The van der Waals surface area contributed by atoms with Crippen LogP contribution in [-0.4, -0.2) is 63.6 Å². The minimum atomic E-state index is -1.01. The third-order valence-corrected chi connectivity index (χ3v) is 5.05. The van der Waals surface area contributed by atoms with Gasteiger partial charge in [-0.25, -0.2) is 14.8 Å². The molecule has 0 radical (unpaired) electrons. The number of nitrogens with zero attached hydrogens (tertiary/aromatic N) is 5. The summed E-state index contributed by atoms with van der Waals surface area (Å²) in [5.41, 5.74) is 1.61. The fourth-order valence-electron chi connectivity index (χ4n) is 3.22. The van der Waals surface area contributed by atoms with Gasteiger partial charge >= 0.3 is 6.09 Å². The highest BCUT2D eigenvalue weighted by atomic mass is 16.5. The summed E-state index contributed by atoms with van der Waals surface area (Å²) in [6.07, 6.45) is 9.64. The van der Waals surface area contributed by atoms with E-state index in [1.54, 1.807) is 12.4 Å². The van der Waals surface area contributed by atoms with Gasteiger partial charge in [-0.15, -0.1) is 0 Å². The van der Waals surface area contributed by atoms with Crippen molar-refractivity contribution >= 4 is 34.6 Å². The molecule has 1 aliphatic carbocycles. The van der Waals surface area contributed by atoms with Crippen LogP contribution in [0, 0.1) is 0 Å². The molecule has 3 N–H and O–H groups in total. The van der Waals surface area contributed by atoms with Gasteiger partial charge in [0.25, 0.3) is 0 Å². The number of morpholine rings is 1. The molecule has 10 heteroatoms. The normalized spacial score (nSPS) is 15.1. The van der Waals surface area contributed by atoms with Crippen molar-refractivity contribution in [3.05, 3.63) is 36.8 Å². The van der Waals surface area contributed by atoms with Crippen molar-refractivity contribution in [1.29, 1.82) is 0 Å². The molecule has 4 heterocycles. The van der Waals surface area contributed by atoms with Crippen LogP contribution in [-0.2, 0) is 11.3 Å². The van der Waals surface area contributed by atoms with E-state index in [9.17, 15) is 4.79 Å². The fourth-order valence-corrected chi connectivity index (χ4v) is 3.22. The van der Waals surface area contributed by atoms with E-state index in [4.69, 9.17) is 9.84 Å². The minimum Gasteiger partial charge on any atom is -0.465 e. The number of anilines is 3. The number of fused-ring (bicyclic) bond motifs is 1. The molecule has 5 rings (SSSR count). The molecule has 0 bridgehead atoms. The van der Waals surface area contributed by atoms with E-state index in [-0.39, 0.29) is 0 Å². The zero-order valence-electron chi connectivity index (χ0n) is 18.0. The number of nitrogens with one attached hydrogen (secondary N) is 2. The van der Waals surface area contributed by atoms with Crippen molar-refractivity contribution in [1.82, 2.24) is 24.8 Å². The van der Waals surface area contributed by atoms with Crippen LogP contribution in [0.3, 0.4) is 0 Å². The molecule has 2 fully saturated rings. The molecule has 1 saturated heterocycles. The van der Waals surface area contributed by atoms with Gasteiger partial charge in [-0.05, 0) is 24.6 Å². The Kier molecular flexibility index (Phi) is 7.34. The van der Waals surface area contributed by atoms with Gasteiger partial charge in [-0.2, -0.15) is 4.98 Å². The van der Waals surface area contributed by atoms with Gasteiger partial charge in [0.15, 0.2) is 0 Å². The molecule has 32 heavy (non-hydrogen) atoms. The molecule has 0 spiro atoms. The summed E-state index contributed by atoms with van der Waals surface area (Å²) in [7, 11) is 0. The SMILES string of the molecule is C1CC1.O=C(O)NCCCn1ccc2cnc(Nc3ccc(N4CCOCC4)nc3)nc21. The first-order valence-electron chi connectivity index (χ1n) is 11.0. The van der Waals surface area contributed by atoms with Crippen LogP contribution in [0.15, 0.2) is 36.8 Å². The maximum absolute atomic E-state index is 10.5. The maximum atomic E-state index is 10.5. The Morgan fingerprint density at radius 1 is 1.09 bits per heavy atom. The lowest BCUT2D eigenvalue weighted by Gasteiger charge is -2.27. The first-order valence-corrected chi connectivity index (χ1v) is 11.0. The number of carbonyl (C=O) groups is 1. The summed E-state index contributed by atoms with van der Waals surface area (Å²) in [5, 5.41) is 15.1. The monoisotopic (exact) mass is 439 g/mol. The Morgan fingerprint density at radius 3 is 2.59 bits per heavy atom. The van der Waals surface area contributed by atoms with E-state index in [1.165, 1.54) is 19.3 Å². The number of amides is 1. The van der Waals surface area contributed by atoms with Gasteiger partial charge in [-0.1, -0.05) is 19.3 Å². The van der Waals surface area contributed by atoms with Crippen LogP contribution in [0.25, 0.3) is 11.0 Å². The van der Waals surface area contributed by atoms with Crippen LogP contribution in [0.1, 0.15) is 25.7 Å². The standard InChI is InChI=1S/C19H23N7O3.C3H6/c27-19(28)20-5-1-6-26-7-4-14-12-22-18(24-17(14)26)23-15-2-3-16(21-13-15)25-8-10-29-11-9-25;1-2-3-1/h2-4,7,12-13,20H,1,5-6,8-11H2,(H,27,28)(H,22,23,24);1-3H2. The molecule has 3 aromatic rings. The average Bonchev–Trinajstić information content (AvgIpc) is 3.65. The minimum absolute atomic E-state index is 0.395. The van der Waals surface area contributed by atoms with Gasteiger partial charge in [0.05, 0.1) is 25.1 Å². The quantitative estimate of drug-likeness (QED) is 0.480. The smallest absolute Gasteiger partial charge is 0.404 e. The topological polar surface area (TPSA) is 117 Å². The van der Waals surface area contributed by atoms with Gasteiger partial charge < -0.3 is 29.9 Å². The predicted molar refractivity (Wildman–Crippen MR) is 123 cm³/mol. The third kappa shape index (κ3) is 6.30. The van der Waals surface area contributed by atoms with Crippen LogP contribution in [0.5, 0.6) is 0 Å². The number of aromatic nitrogens is 4. The van der Waals surface area contributed by atoms with Crippen molar-refractivity contribution in [2.75, 3.05) is 43.1 Å². The summed E-state index contributed by atoms with van der Waals surface area (Å²) in [4.78, 5) is 26.2. The molecule has 0 atom stereocenters. The number of hydrogen-bond donors (Lipinski definition) is 3. The number of ether oxygens (including phenoxy) is 1. The molecule has 0 unspecified atom stereocenters. The van der Waals surface area contributed by atoms with Gasteiger partial charge in [0.2, 0.25) is 5.95 Å². The summed E-state index contributed by atoms with van der Waals surface area (Å²) < 4.78 is 7.37. The molecule has 0 aromatic carbocycles. The highest BCUT2D eigenvalue weighted by Gasteiger charge is 2.12. The van der Waals surface area contributed by atoms with Crippen LogP contribution >= 0.6 is 0 Å². The van der Waals surface area contributed by atoms with Crippen LogP contribution < -0.4 is 15.5 Å². The van der Waals surface area contributed by atoms with Crippen molar-refractivity contribution in [3.63, 3.8) is 0 Å². The van der Waals surface area contributed by atoms with Gasteiger partial charge in [-0.3, -0.25) is 0 Å². The Bertz CT molecular complexity index is 1010. The van der Waals surface area contributed by atoms with E-state index in [0.29, 0.717) is 25.5 Å². The molecule has 1 amide bonds. The zero-order valence-corrected chi connectivity index (χ0v) is 18.0.